The Labute approximate surface area is 323 Å². The molecule has 0 saturated carbocycles. The van der Waals surface area contributed by atoms with E-state index in [-0.39, 0.29) is 7.43 Å². The first-order chi connectivity index (χ1) is 24.5. The third-order valence-electron chi connectivity index (χ3n) is 9.16. The Hall–Kier alpha value is -4.46. The molecule has 1 N–H and O–H groups in total. The molecule has 0 unspecified atom stereocenters. The summed E-state index contributed by atoms with van der Waals surface area (Å²) in [6.45, 7) is 0. The van der Waals surface area contributed by atoms with Crippen LogP contribution < -0.4 is 4.65 Å². The van der Waals surface area contributed by atoms with Crippen LogP contribution in [0.4, 0.5) is 0 Å². The van der Waals surface area contributed by atoms with Crippen molar-refractivity contribution in [3.63, 3.8) is 0 Å². The first kappa shape index (κ1) is 35.0. The van der Waals surface area contributed by atoms with E-state index in [4.69, 9.17) is 9.68 Å². The fourth-order valence-corrected chi connectivity index (χ4v) is 7.71. The smallest absolute Gasteiger partial charge is 0.537 e. The van der Waals surface area contributed by atoms with E-state index in [9.17, 15) is 0 Å². The van der Waals surface area contributed by atoms with Gasteiger partial charge in [-0.1, -0.05) is 170 Å². The number of halogens is 3. The zero-order valence-corrected chi connectivity index (χ0v) is 31.3. The monoisotopic (exact) mass is 851 g/mol. The van der Waals surface area contributed by atoms with Crippen LogP contribution in [0.5, 0.6) is 5.75 Å². The molecular weight excluding hydrogens is 823 g/mol. The van der Waals surface area contributed by atoms with Crippen LogP contribution in [-0.4, -0.2) is 12.7 Å². The molecule has 10 aromatic carbocycles. The van der Waals surface area contributed by atoms with Crippen molar-refractivity contribution in [1.29, 1.82) is 0 Å². The molecule has 0 amide bonds. The Morgan fingerprint density at radius 1 is 0.392 bits per heavy atom. The lowest BCUT2D eigenvalue weighted by Crippen LogP contribution is -2.00. The Kier molecular flexibility index (Phi) is 10.3. The van der Waals surface area contributed by atoms with Gasteiger partial charge in [0.25, 0.3) is 0 Å². The minimum absolute atomic E-state index is 0. The SMILES string of the molecule is Brc1ccc(-c2ccc3ccc4cccc5ccc2c3c45)cc1.Brc1ccc(Br)cc1.C.O[B]Oc1ccc2ccc3cccc4ccc1c2c34. The standard InChI is InChI=1S/C22H13Br.C16H10BO2.C6H4Br2.CH4/c23-18-10-6-14(7-11-18)19-12-8-17-5-4-15-2-1-3-16-9-13-20(19)22(17)21(15)16;18-17-19-14-9-7-12-5-4-10-2-1-3-11-6-8-13(14)16(12)15(10)11;7-5-1-2-6(8)4-3-5;/h1-13H;1-9,18H;1-4H;1H4. The molecule has 51 heavy (non-hydrogen) atoms. The van der Waals surface area contributed by atoms with Crippen molar-refractivity contribution in [2.24, 2.45) is 0 Å². The zero-order valence-electron chi connectivity index (χ0n) is 26.6. The van der Waals surface area contributed by atoms with E-state index in [1.165, 1.54) is 70.4 Å². The van der Waals surface area contributed by atoms with Gasteiger partial charge in [-0.05, 0) is 107 Å². The van der Waals surface area contributed by atoms with E-state index in [1.54, 1.807) is 0 Å². The summed E-state index contributed by atoms with van der Waals surface area (Å²) in [6, 6.07) is 55.1. The van der Waals surface area contributed by atoms with Gasteiger partial charge >= 0.3 is 7.69 Å². The quantitative estimate of drug-likeness (QED) is 0.142. The van der Waals surface area contributed by atoms with Gasteiger partial charge in [-0.25, -0.2) is 0 Å². The molecule has 1 radical (unpaired) electrons. The maximum absolute atomic E-state index is 8.87. The van der Waals surface area contributed by atoms with Gasteiger partial charge in [0.05, 0.1) is 0 Å². The molecule has 0 aliphatic rings. The summed E-state index contributed by atoms with van der Waals surface area (Å²) >= 11 is 10.2. The van der Waals surface area contributed by atoms with Crippen molar-refractivity contribution in [1.82, 2.24) is 0 Å². The van der Waals surface area contributed by atoms with Crippen molar-refractivity contribution >= 4 is 120 Å². The molecule has 0 spiro atoms. The summed E-state index contributed by atoms with van der Waals surface area (Å²) in [5, 5.41) is 24.0. The van der Waals surface area contributed by atoms with Crippen LogP contribution in [0.25, 0.3) is 75.8 Å². The highest BCUT2D eigenvalue weighted by Crippen LogP contribution is 2.40. The highest BCUT2D eigenvalue weighted by Gasteiger charge is 2.13. The van der Waals surface area contributed by atoms with Gasteiger partial charge in [-0.3, -0.25) is 0 Å². The minimum atomic E-state index is 0. The van der Waals surface area contributed by atoms with Gasteiger partial charge in [0, 0.05) is 24.2 Å². The number of rotatable bonds is 3. The van der Waals surface area contributed by atoms with Crippen LogP contribution in [0.1, 0.15) is 7.43 Å². The van der Waals surface area contributed by atoms with Crippen LogP contribution in [-0.2, 0) is 0 Å². The summed E-state index contributed by atoms with van der Waals surface area (Å²) in [7, 11) is 0.728. The molecule has 0 atom stereocenters. The second-order valence-corrected chi connectivity index (χ2v) is 14.8. The zero-order chi connectivity index (χ0) is 34.2. The molecular formula is C45H31BBr3O2. The van der Waals surface area contributed by atoms with E-state index < -0.39 is 0 Å². The van der Waals surface area contributed by atoms with Crippen LogP contribution in [0.2, 0.25) is 0 Å². The van der Waals surface area contributed by atoms with Gasteiger partial charge in [0.15, 0.2) is 0 Å². The maximum atomic E-state index is 8.87. The highest BCUT2D eigenvalue weighted by atomic mass is 79.9. The average molecular weight is 854 g/mol. The lowest BCUT2D eigenvalue weighted by Gasteiger charge is -2.14. The number of hydrogen-bond donors (Lipinski definition) is 1. The number of benzene rings is 10. The van der Waals surface area contributed by atoms with Gasteiger partial charge in [-0.15, -0.1) is 0 Å². The van der Waals surface area contributed by atoms with Crippen LogP contribution in [0.15, 0.2) is 171 Å². The predicted octanol–water partition coefficient (Wildman–Crippen LogP) is 14.4. The maximum Gasteiger partial charge on any atom is 0.569 e. The van der Waals surface area contributed by atoms with E-state index in [2.05, 4.69) is 163 Å². The Balaban J connectivity index is 0.000000131. The molecule has 0 aromatic heterocycles. The van der Waals surface area contributed by atoms with Crippen molar-refractivity contribution in [3.8, 4) is 16.9 Å². The van der Waals surface area contributed by atoms with Crippen LogP contribution >= 0.6 is 47.8 Å². The first-order valence-electron chi connectivity index (χ1n) is 16.1. The van der Waals surface area contributed by atoms with Crippen molar-refractivity contribution < 1.29 is 9.68 Å². The second-order valence-electron chi connectivity index (χ2n) is 12.1. The lowest BCUT2D eigenvalue weighted by molar-refractivity contribution is 0.457. The van der Waals surface area contributed by atoms with Gasteiger partial charge < -0.3 is 9.68 Å². The fraction of sp³-hybridized carbons (Fsp3) is 0.0222. The summed E-state index contributed by atoms with van der Waals surface area (Å²) in [6.07, 6.45) is 0. The molecule has 6 heteroatoms. The van der Waals surface area contributed by atoms with Gasteiger partial charge in [-0.2, -0.15) is 0 Å². The second kappa shape index (κ2) is 15.0. The summed E-state index contributed by atoms with van der Waals surface area (Å²) < 4.78 is 8.53. The highest BCUT2D eigenvalue weighted by molar-refractivity contribution is 9.11. The normalized spacial score (nSPS) is 11.0. The van der Waals surface area contributed by atoms with E-state index in [0.29, 0.717) is 5.75 Å². The van der Waals surface area contributed by atoms with Gasteiger partial charge in [0.2, 0.25) is 0 Å². The summed E-state index contributed by atoms with van der Waals surface area (Å²) in [4.78, 5) is 0. The molecule has 247 valence electrons. The molecule has 0 fully saturated rings. The van der Waals surface area contributed by atoms with E-state index >= 15 is 0 Å². The molecule has 0 aliphatic heterocycles. The molecule has 0 aliphatic carbocycles. The van der Waals surface area contributed by atoms with E-state index in [1.807, 2.05) is 42.5 Å². The molecule has 0 saturated heterocycles. The van der Waals surface area contributed by atoms with Crippen LogP contribution in [0, 0.1) is 0 Å². The predicted molar refractivity (Wildman–Crippen MR) is 231 cm³/mol. The molecule has 10 aromatic rings. The third-order valence-corrected chi connectivity index (χ3v) is 10.7. The Morgan fingerprint density at radius 2 is 0.765 bits per heavy atom. The molecule has 10 rings (SSSR count). The van der Waals surface area contributed by atoms with Crippen molar-refractivity contribution in [3.05, 3.63) is 171 Å². The average Bonchev–Trinajstić information content (AvgIpc) is 3.16. The Morgan fingerprint density at radius 3 is 1.25 bits per heavy atom. The topological polar surface area (TPSA) is 29.5 Å². The van der Waals surface area contributed by atoms with Crippen molar-refractivity contribution in [2.75, 3.05) is 0 Å². The summed E-state index contributed by atoms with van der Waals surface area (Å²) in [5.41, 5.74) is 2.55. The minimum Gasteiger partial charge on any atom is -0.537 e. The number of hydrogen-bond acceptors (Lipinski definition) is 2. The van der Waals surface area contributed by atoms with Crippen LogP contribution in [0.3, 0.4) is 0 Å². The molecule has 0 heterocycles. The Bertz CT molecular complexity index is 2690. The van der Waals surface area contributed by atoms with Crippen molar-refractivity contribution in [2.45, 2.75) is 7.43 Å². The van der Waals surface area contributed by atoms with E-state index in [0.717, 1.165) is 26.5 Å². The fourth-order valence-electron chi connectivity index (χ4n) is 6.91. The first-order valence-corrected chi connectivity index (χ1v) is 18.5. The third kappa shape index (κ3) is 6.82. The summed E-state index contributed by atoms with van der Waals surface area (Å²) in [5.74, 6) is 0.674. The molecule has 0 bridgehead atoms. The largest absolute Gasteiger partial charge is 0.569 e. The lowest BCUT2D eigenvalue weighted by atomic mass is 9.90. The molecule has 2 nitrogen and oxygen atoms in total. The van der Waals surface area contributed by atoms with Gasteiger partial charge in [0.1, 0.15) is 5.75 Å².